The Bertz CT molecular complexity index is 958. The Morgan fingerprint density at radius 3 is 2.71 bits per heavy atom. The third-order valence-corrected chi connectivity index (χ3v) is 6.25. The second-order valence-electron chi connectivity index (χ2n) is 5.48. The van der Waals surface area contributed by atoms with Crippen molar-refractivity contribution >= 4 is 44.9 Å². The highest BCUT2D eigenvalue weighted by Crippen LogP contribution is 2.29. The standard InChI is InChI=1S/C18H17ClN2OS2/c1-4-9-21-17(22)15-11(2)12(3)24-16(15)20-18(21)23-10-13-5-7-14(19)8-6-13/h4-8H,1,9-10H2,2-3H3. The Kier molecular flexibility index (Phi) is 5.13. The Labute approximate surface area is 154 Å². The highest BCUT2D eigenvalue weighted by atomic mass is 35.5. The maximum Gasteiger partial charge on any atom is 0.263 e. The van der Waals surface area contributed by atoms with E-state index >= 15 is 0 Å². The second kappa shape index (κ2) is 7.13. The number of allylic oxidation sites excluding steroid dienone is 1. The number of hydrogen-bond donors (Lipinski definition) is 0. The van der Waals surface area contributed by atoms with Gasteiger partial charge in [0.2, 0.25) is 0 Å². The van der Waals surface area contributed by atoms with Crippen LogP contribution in [0.5, 0.6) is 0 Å². The van der Waals surface area contributed by atoms with Gasteiger partial charge < -0.3 is 0 Å². The van der Waals surface area contributed by atoms with Crippen molar-refractivity contribution in [3.8, 4) is 0 Å². The minimum absolute atomic E-state index is 0.0142. The van der Waals surface area contributed by atoms with E-state index in [1.807, 2.05) is 38.1 Å². The normalized spacial score (nSPS) is 11.1. The molecule has 0 spiro atoms. The molecule has 0 saturated heterocycles. The molecule has 1 aromatic carbocycles. The molecule has 2 heterocycles. The zero-order valence-electron chi connectivity index (χ0n) is 13.5. The van der Waals surface area contributed by atoms with Crippen LogP contribution in [0.15, 0.2) is 46.9 Å². The number of hydrogen-bond acceptors (Lipinski definition) is 4. The summed E-state index contributed by atoms with van der Waals surface area (Å²) in [5.41, 5.74) is 2.18. The fraction of sp³-hybridized carbons (Fsp3) is 0.222. The van der Waals surface area contributed by atoms with Crippen molar-refractivity contribution in [3.63, 3.8) is 0 Å². The van der Waals surface area contributed by atoms with Gasteiger partial charge in [0.15, 0.2) is 5.16 Å². The van der Waals surface area contributed by atoms with E-state index in [4.69, 9.17) is 16.6 Å². The number of thioether (sulfide) groups is 1. The smallest absolute Gasteiger partial charge is 0.263 e. The lowest BCUT2D eigenvalue weighted by Crippen LogP contribution is -2.22. The van der Waals surface area contributed by atoms with Crippen LogP contribution in [-0.4, -0.2) is 9.55 Å². The van der Waals surface area contributed by atoms with Crippen molar-refractivity contribution in [1.82, 2.24) is 9.55 Å². The molecule has 0 aliphatic carbocycles. The lowest BCUT2D eigenvalue weighted by Gasteiger charge is -2.10. The molecule has 3 rings (SSSR count). The minimum atomic E-state index is 0.0142. The number of aromatic nitrogens is 2. The topological polar surface area (TPSA) is 34.9 Å². The molecule has 6 heteroatoms. The summed E-state index contributed by atoms with van der Waals surface area (Å²) in [5, 5.41) is 2.18. The highest BCUT2D eigenvalue weighted by molar-refractivity contribution is 7.98. The third kappa shape index (κ3) is 3.29. The molecule has 0 radical (unpaired) electrons. The number of fused-ring (bicyclic) bond motifs is 1. The van der Waals surface area contributed by atoms with Gasteiger partial charge in [-0.1, -0.05) is 41.6 Å². The number of benzene rings is 1. The average molecular weight is 377 g/mol. The van der Waals surface area contributed by atoms with Gasteiger partial charge in [0.05, 0.1) is 5.39 Å². The lowest BCUT2D eigenvalue weighted by molar-refractivity contribution is 0.672. The molecule has 0 N–H and O–H groups in total. The third-order valence-electron chi connectivity index (χ3n) is 3.85. The Morgan fingerprint density at radius 1 is 1.33 bits per heavy atom. The lowest BCUT2D eigenvalue weighted by atomic mass is 10.2. The summed E-state index contributed by atoms with van der Waals surface area (Å²) in [6, 6.07) is 7.72. The molecule has 0 unspecified atom stereocenters. The molecular formula is C18H17ClN2OS2. The van der Waals surface area contributed by atoms with Gasteiger partial charge in [-0.2, -0.15) is 0 Å². The van der Waals surface area contributed by atoms with E-state index in [9.17, 15) is 4.79 Å². The van der Waals surface area contributed by atoms with Gasteiger partial charge >= 0.3 is 0 Å². The van der Waals surface area contributed by atoms with Crippen molar-refractivity contribution in [2.75, 3.05) is 0 Å². The molecule has 0 amide bonds. The minimum Gasteiger partial charge on any atom is -0.283 e. The quantitative estimate of drug-likeness (QED) is 0.348. The second-order valence-corrected chi connectivity index (χ2v) is 8.06. The van der Waals surface area contributed by atoms with E-state index in [1.54, 1.807) is 33.7 Å². The summed E-state index contributed by atoms with van der Waals surface area (Å²) >= 11 is 9.06. The van der Waals surface area contributed by atoms with Crippen LogP contribution in [0.2, 0.25) is 5.02 Å². The van der Waals surface area contributed by atoms with E-state index in [0.29, 0.717) is 6.54 Å². The van der Waals surface area contributed by atoms with Crippen molar-refractivity contribution in [3.05, 3.63) is 68.3 Å². The van der Waals surface area contributed by atoms with E-state index < -0.39 is 0 Å². The fourth-order valence-electron chi connectivity index (χ4n) is 2.44. The fourth-order valence-corrected chi connectivity index (χ4v) is 4.60. The summed E-state index contributed by atoms with van der Waals surface area (Å²) in [6.45, 7) is 8.23. The van der Waals surface area contributed by atoms with Crippen molar-refractivity contribution < 1.29 is 0 Å². The molecule has 0 saturated carbocycles. The molecule has 0 aliphatic rings. The predicted octanol–water partition coefficient (Wildman–Crippen LogP) is 5.21. The van der Waals surface area contributed by atoms with Gasteiger partial charge in [-0.05, 0) is 37.1 Å². The molecule has 0 aliphatic heterocycles. The highest BCUT2D eigenvalue weighted by Gasteiger charge is 2.16. The summed E-state index contributed by atoms with van der Waals surface area (Å²) in [4.78, 5) is 19.6. The van der Waals surface area contributed by atoms with Crippen LogP contribution in [-0.2, 0) is 12.3 Å². The maximum atomic E-state index is 12.9. The maximum absolute atomic E-state index is 12.9. The number of halogens is 1. The number of rotatable bonds is 5. The summed E-state index contributed by atoms with van der Waals surface area (Å²) < 4.78 is 1.70. The molecule has 3 nitrogen and oxygen atoms in total. The van der Waals surface area contributed by atoms with Crippen molar-refractivity contribution in [1.29, 1.82) is 0 Å². The largest absolute Gasteiger partial charge is 0.283 e. The molecule has 0 atom stereocenters. The predicted molar refractivity (Wildman–Crippen MR) is 105 cm³/mol. The summed E-state index contributed by atoms with van der Waals surface area (Å²) in [6.07, 6.45) is 1.73. The van der Waals surface area contributed by atoms with E-state index in [-0.39, 0.29) is 5.56 Å². The molecular weight excluding hydrogens is 360 g/mol. The van der Waals surface area contributed by atoms with Crippen LogP contribution >= 0.6 is 34.7 Å². The molecule has 24 heavy (non-hydrogen) atoms. The van der Waals surface area contributed by atoms with Crippen molar-refractivity contribution in [2.45, 2.75) is 31.3 Å². The molecule has 124 valence electrons. The number of nitrogens with zero attached hydrogens (tertiary/aromatic N) is 2. The van der Waals surface area contributed by atoms with Crippen molar-refractivity contribution in [2.24, 2.45) is 0 Å². The Balaban J connectivity index is 2.02. The van der Waals surface area contributed by atoms with Crippen LogP contribution in [0.1, 0.15) is 16.0 Å². The first kappa shape index (κ1) is 17.3. The first-order valence-electron chi connectivity index (χ1n) is 7.50. The van der Waals surface area contributed by atoms with Gasteiger partial charge in [-0.3, -0.25) is 9.36 Å². The summed E-state index contributed by atoms with van der Waals surface area (Å²) in [7, 11) is 0. The van der Waals surface area contributed by atoms with Gasteiger partial charge in [-0.15, -0.1) is 17.9 Å². The number of aryl methyl sites for hydroxylation is 2. The first-order chi connectivity index (χ1) is 11.5. The molecule has 2 aromatic heterocycles. The SMILES string of the molecule is C=CCn1c(SCc2ccc(Cl)cc2)nc2sc(C)c(C)c2c1=O. The van der Waals surface area contributed by atoms with Crippen LogP contribution < -0.4 is 5.56 Å². The van der Waals surface area contributed by atoms with Crippen LogP contribution in [0.25, 0.3) is 10.2 Å². The monoisotopic (exact) mass is 376 g/mol. The molecule has 3 aromatic rings. The Morgan fingerprint density at radius 2 is 2.04 bits per heavy atom. The first-order valence-corrected chi connectivity index (χ1v) is 9.68. The van der Waals surface area contributed by atoms with Crippen LogP contribution in [0.4, 0.5) is 0 Å². The van der Waals surface area contributed by atoms with Crippen LogP contribution in [0.3, 0.4) is 0 Å². The summed E-state index contributed by atoms with van der Waals surface area (Å²) in [5.74, 6) is 0.732. The van der Waals surface area contributed by atoms with Crippen LogP contribution in [0, 0.1) is 13.8 Å². The zero-order chi connectivity index (χ0) is 17.3. The van der Waals surface area contributed by atoms with Gasteiger partial charge in [-0.25, -0.2) is 4.98 Å². The molecule has 0 fully saturated rings. The van der Waals surface area contributed by atoms with Gasteiger partial charge in [0.1, 0.15) is 4.83 Å². The van der Waals surface area contributed by atoms with Gasteiger partial charge in [0, 0.05) is 22.2 Å². The number of thiophene rings is 1. The Hall–Kier alpha value is -1.56. The van der Waals surface area contributed by atoms with E-state index in [1.165, 1.54) is 0 Å². The van der Waals surface area contributed by atoms with E-state index in [0.717, 1.165) is 42.2 Å². The molecule has 0 bridgehead atoms. The van der Waals surface area contributed by atoms with Gasteiger partial charge in [0.25, 0.3) is 5.56 Å². The van der Waals surface area contributed by atoms with E-state index in [2.05, 4.69) is 6.58 Å². The average Bonchev–Trinajstić information content (AvgIpc) is 2.85. The zero-order valence-corrected chi connectivity index (χ0v) is 15.9.